The van der Waals surface area contributed by atoms with Gasteiger partial charge in [0.2, 0.25) is 5.91 Å². The van der Waals surface area contributed by atoms with E-state index in [0.717, 1.165) is 11.9 Å². The fourth-order valence-electron chi connectivity index (χ4n) is 3.44. The first-order valence-corrected chi connectivity index (χ1v) is 10.1. The number of benzene rings is 2. The first-order chi connectivity index (χ1) is 13.3. The number of aromatic amines is 1. The van der Waals surface area contributed by atoms with E-state index in [0.29, 0.717) is 13.0 Å². The fraction of sp³-hybridized carbons (Fsp3) is 0.174. The number of fused-ring (bicyclic) bond motifs is 1. The number of carbonyl (C=O) groups is 1. The van der Waals surface area contributed by atoms with Gasteiger partial charge in [0.25, 0.3) is 0 Å². The highest BCUT2D eigenvalue weighted by Crippen LogP contribution is 2.32. The Kier molecular flexibility index (Phi) is 5.35. The minimum absolute atomic E-state index is 0.0975. The second-order valence-electron chi connectivity index (χ2n) is 6.65. The molecule has 0 aliphatic heterocycles. The molecular formula is C23H22N2OS. The molecule has 0 aliphatic carbocycles. The van der Waals surface area contributed by atoms with Gasteiger partial charge in [0.05, 0.1) is 0 Å². The van der Waals surface area contributed by atoms with Crippen molar-refractivity contribution in [2.75, 3.05) is 6.54 Å². The SMILES string of the molecule is O=C(CCc1ccccc1)NCC(c1cccs1)c1c[nH]c2ccccc12. The third-order valence-corrected chi connectivity index (χ3v) is 5.86. The predicted octanol–water partition coefficient (Wildman–Crippen LogP) is 5.11. The van der Waals surface area contributed by atoms with Crippen molar-refractivity contribution in [2.24, 2.45) is 0 Å². The van der Waals surface area contributed by atoms with Crippen LogP contribution < -0.4 is 5.32 Å². The maximum atomic E-state index is 12.4. The van der Waals surface area contributed by atoms with Crippen molar-refractivity contribution in [1.29, 1.82) is 0 Å². The first kappa shape index (κ1) is 17.6. The molecule has 2 heterocycles. The van der Waals surface area contributed by atoms with E-state index in [1.807, 2.05) is 24.3 Å². The molecule has 0 radical (unpaired) electrons. The molecular weight excluding hydrogens is 352 g/mol. The molecule has 4 rings (SSSR count). The number of thiophene rings is 1. The third-order valence-electron chi connectivity index (χ3n) is 4.87. The molecule has 0 spiro atoms. The number of amides is 1. The van der Waals surface area contributed by atoms with Gasteiger partial charge in [-0.05, 0) is 35.1 Å². The van der Waals surface area contributed by atoms with E-state index in [4.69, 9.17) is 0 Å². The van der Waals surface area contributed by atoms with Gasteiger partial charge in [-0.15, -0.1) is 11.3 Å². The van der Waals surface area contributed by atoms with E-state index in [9.17, 15) is 4.79 Å². The van der Waals surface area contributed by atoms with Crippen molar-refractivity contribution in [3.8, 4) is 0 Å². The molecule has 2 aromatic heterocycles. The van der Waals surface area contributed by atoms with E-state index < -0.39 is 0 Å². The lowest BCUT2D eigenvalue weighted by Crippen LogP contribution is -2.28. The molecule has 4 heteroatoms. The Morgan fingerprint density at radius 3 is 2.63 bits per heavy atom. The highest BCUT2D eigenvalue weighted by Gasteiger charge is 2.19. The zero-order valence-corrected chi connectivity index (χ0v) is 15.8. The second-order valence-corrected chi connectivity index (χ2v) is 7.63. The third kappa shape index (κ3) is 4.12. The summed E-state index contributed by atoms with van der Waals surface area (Å²) in [5.74, 6) is 0.252. The van der Waals surface area contributed by atoms with Gasteiger partial charge in [-0.25, -0.2) is 0 Å². The van der Waals surface area contributed by atoms with Crippen LogP contribution in [0.25, 0.3) is 10.9 Å². The quantitative estimate of drug-likeness (QED) is 0.464. The Morgan fingerprint density at radius 1 is 1.00 bits per heavy atom. The van der Waals surface area contributed by atoms with Crippen LogP contribution >= 0.6 is 11.3 Å². The molecule has 0 aliphatic rings. The van der Waals surface area contributed by atoms with Crippen LogP contribution in [0.15, 0.2) is 78.3 Å². The van der Waals surface area contributed by atoms with Gasteiger partial charge in [-0.1, -0.05) is 54.6 Å². The molecule has 1 amide bonds. The van der Waals surface area contributed by atoms with E-state index in [2.05, 4.69) is 64.3 Å². The predicted molar refractivity (Wildman–Crippen MR) is 112 cm³/mol. The minimum Gasteiger partial charge on any atom is -0.361 e. The summed E-state index contributed by atoms with van der Waals surface area (Å²) in [5, 5.41) is 6.46. The van der Waals surface area contributed by atoms with Crippen LogP contribution in [0.5, 0.6) is 0 Å². The summed E-state index contributed by atoms with van der Waals surface area (Å²) in [6.45, 7) is 0.607. The molecule has 3 nitrogen and oxygen atoms in total. The lowest BCUT2D eigenvalue weighted by atomic mass is 9.96. The normalized spacial score (nSPS) is 12.1. The number of rotatable bonds is 7. The highest BCUT2D eigenvalue weighted by molar-refractivity contribution is 7.10. The lowest BCUT2D eigenvalue weighted by Gasteiger charge is -2.16. The number of hydrogen-bond donors (Lipinski definition) is 2. The van der Waals surface area contributed by atoms with E-state index >= 15 is 0 Å². The van der Waals surface area contributed by atoms with E-state index in [1.54, 1.807) is 11.3 Å². The van der Waals surface area contributed by atoms with Gasteiger partial charge in [-0.3, -0.25) is 4.79 Å². The summed E-state index contributed by atoms with van der Waals surface area (Å²) < 4.78 is 0. The number of aromatic nitrogens is 1. The van der Waals surface area contributed by atoms with E-state index in [1.165, 1.54) is 21.4 Å². The Bertz CT molecular complexity index is 1010. The van der Waals surface area contributed by atoms with Crippen molar-refractivity contribution < 1.29 is 4.79 Å². The van der Waals surface area contributed by atoms with Crippen LogP contribution in [0, 0.1) is 0 Å². The number of nitrogens with one attached hydrogen (secondary N) is 2. The zero-order valence-electron chi connectivity index (χ0n) is 15.0. The summed E-state index contributed by atoms with van der Waals surface area (Å²) in [4.78, 5) is 17.0. The molecule has 1 atom stereocenters. The number of carbonyl (C=O) groups excluding carboxylic acids is 1. The number of H-pyrrole nitrogens is 1. The first-order valence-electron chi connectivity index (χ1n) is 9.21. The summed E-state index contributed by atoms with van der Waals surface area (Å²) in [6, 6.07) is 22.7. The van der Waals surface area contributed by atoms with Gasteiger partial charge >= 0.3 is 0 Å². The maximum absolute atomic E-state index is 12.4. The number of para-hydroxylation sites is 1. The molecule has 0 saturated carbocycles. The lowest BCUT2D eigenvalue weighted by molar-refractivity contribution is -0.121. The van der Waals surface area contributed by atoms with Crippen LogP contribution in [-0.2, 0) is 11.2 Å². The summed E-state index contributed by atoms with van der Waals surface area (Å²) >= 11 is 1.73. The largest absolute Gasteiger partial charge is 0.361 e. The van der Waals surface area contributed by atoms with Crippen LogP contribution in [-0.4, -0.2) is 17.4 Å². The van der Waals surface area contributed by atoms with Gasteiger partial charge in [0, 0.05) is 40.9 Å². The van der Waals surface area contributed by atoms with Crippen molar-refractivity contribution in [3.63, 3.8) is 0 Å². The smallest absolute Gasteiger partial charge is 0.220 e. The standard InChI is InChI=1S/C23H22N2OS/c26-23(13-12-17-7-2-1-3-8-17)25-16-20(22-11-6-14-27-22)19-15-24-21-10-5-4-9-18(19)21/h1-11,14-15,20,24H,12-13,16H2,(H,25,26). The van der Waals surface area contributed by atoms with Crippen molar-refractivity contribution in [2.45, 2.75) is 18.8 Å². The van der Waals surface area contributed by atoms with Crippen LogP contribution in [0.3, 0.4) is 0 Å². The minimum atomic E-state index is 0.0975. The van der Waals surface area contributed by atoms with Gasteiger partial charge in [0.15, 0.2) is 0 Å². The van der Waals surface area contributed by atoms with Crippen LogP contribution in [0.2, 0.25) is 0 Å². The van der Waals surface area contributed by atoms with Crippen LogP contribution in [0.4, 0.5) is 0 Å². The van der Waals surface area contributed by atoms with Crippen molar-refractivity contribution in [3.05, 3.63) is 94.3 Å². The van der Waals surface area contributed by atoms with Crippen molar-refractivity contribution >= 4 is 28.1 Å². The highest BCUT2D eigenvalue weighted by atomic mass is 32.1. The molecule has 0 bridgehead atoms. The molecule has 1 unspecified atom stereocenters. The fourth-order valence-corrected chi connectivity index (χ4v) is 4.29. The number of aryl methyl sites for hydroxylation is 1. The van der Waals surface area contributed by atoms with Crippen LogP contribution in [0.1, 0.15) is 28.3 Å². The molecule has 27 heavy (non-hydrogen) atoms. The molecule has 4 aromatic rings. The average Bonchev–Trinajstić information content (AvgIpc) is 3.38. The van der Waals surface area contributed by atoms with Gasteiger partial charge < -0.3 is 10.3 Å². The summed E-state index contributed by atoms with van der Waals surface area (Å²) in [7, 11) is 0. The topological polar surface area (TPSA) is 44.9 Å². The molecule has 2 N–H and O–H groups in total. The maximum Gasteiger partial charge on any atom is 0.220 e. The molecule has 0 fully saturated rings. The molecule has 136 valence electrons. The second kappa shape index (κ2) is 8.23. The zero-order chi connectivity index (χ0) is 18.5. The molecule has 0 saturated heterocycles. The number of hydrogen-bond acceptors (Lipinski definition) is 2. The molecule has 2 aromatic carbocycles. The summed E-state index contributed by atoms with van der Waals surface area (Å²) in [5.41, 5.74) is 3.56. The van der Waals surface area contributed by atoms with Crippen molar-refractivity contribution in [1.82, 2.24) is 10.3 Å². The van der Waals surface area contributed by atoms with E-state index in [-0.39, 0.29) is 11.8 Å². The summed E-state index contributed by atoms with van der Waals surface area (Å²) in [6.07, 6.45) is 3.35. The van der Waals surface area contributed by atoms with Gasteiger partial charge in [0.1, 0.15) is 0 Å². The van der Waals surface area contributed by atoms with Gasteiger partial charge in [-0.2, -0.15) is 0 Å². The Labute approximate surface area is 163 Å². The average molecular weight is 375 g/mol. The Hall–Kier alpha value is -2.85. The monoisotopic (exact) mass is 374 g/mol. The Balaban J connectivity index is 1.47. The Morgan fingerprint density at radius 2 is 1.81 bits per heavy atom.